The number of aliphatic hydroxyl groups excluding tert-OH is 1. The monoisotopic (exact) mass is 289 g/mol. The first-order valence-corrected chi connectivity index (χ1v) is 6.97. The predicted molar refractivity (Wildman–Crippen MR) is 85.7 cm³/mol. The van der Waals surface area contributed by atoms with E-state index in [1.807, 2.05) is 36.4 Å². The van der Waals surface area contributed by atoms with Gasteiger partial charge in [-0.1, -0.05) is 30.3 Å². The van der Waals surface area contributed by atoms with Crippen LogP contribution in [-0.4, -0.2) is 12.2 Å². The highest BCUT2D eigenvalue weighted by Crippen LogP contribution is 2.27. The van der Waals surface area contributed by atoms with Crippen LogP contribution in [-0.2, 0) is 0 Å². The zero-order chi connectivity index (χ0) is 15.5. The van der Waals surface area contributed by atoms with E-state index in [1.54, 1.807) is 31.4 Å². The summed E-state index contributed by atoms with van der Waals surface area (Å²) in [5.74, 6) is 0.813. The lowest BCUT2D eigenvalue weighted by Crippen LogP contribution is -1.99. The highest BCUT2D eigenvalue weighted by atomic mass is 16.5. The molecule has 1 N–H and O–H groups in total. The Balaban J connectivity index is 1.96. The average Bonchev–Trinajstić information content (AvgIpc) is 2.60. The van der Waals surface area contributed by atoms with Crippen LogP contribution >= 0.6 is 0 Å². The number of nitriles is 1. The molecule has 108 valence electrons. The van der Waals surface area contributed by atoms with Crippen molar-refractivity contribution in [1.82, 2.24) is 0 Å². The Labute approximate surface area is 129 Å². The summed E-state index contributed by atoms with van der Waals surface area (Å²) in [6.45, 7) is 0. The third-order valence-corrected chi connectivity index (χ3v) is 3.74. The van der Waals surface area contributed by atoms with Crippen molar-refractivity contribution < 1.29 is 9.84 Å². The molecule has 0 spiro atoms. The molecule has 3 heteroatoms. The summed E-state index contributed by atoms with van der Waals surface area (Å²) in [7, 11) is 1.64. The number of methoxy groups -OCH3 is 1. The Kier molecular flexibility index (Phi) is 3.78. The van der Waals surface area contributed by atoms with Gasteiger partial charge in [-0.2, -0.15) is 5.26 Å². The van der Waals surface area contributed by atoms with Crippen molar-refractivity contribution >= 4 is 10.8 Å². The van der Waals surface area contributed by atoms with Crippen molar-refractivity contribution in [2.45, 2.75) is 6.10 Å². The van der Waals surface area contributed by atoms with Gasteiger partial charge >= 0.3 is 0 Å². The van der Waals surface area contributed by atoms with Gasteiger partial charge in [0.1, 0.15) is 11.9 Å². The lowest BCUT2D eigenvalue weighted by atomic mass is 9.98. The van der Waals surface area contributed by atoms with E-state index in [2.05, 4.69) is 6.07 Å². The van der Waals surface area contributed by atoms with Crippen LogP contribution in [0.25, 0.3) is 10.8 Å². The molecule has 0 heterocycles. The molecule has 3 aromatic carbocycles. The van der Waals surface area contributed by atoms with E-state index < -0.39 is 6.10 Å². The molecule has 0 radical (unpaired) electrons. The molecule has 3 rings (SSSR count). The highest BCUT2D eigenvalue weighted by Gasteiger charge is 2.11. The molecular weight excluding hydrogens is 274 g/mol. The normalized spacial score (nSPS) is 11.9. The first-order valence-electron chi connectivity index (χ1n) is 6.97. The average molecular weight is 289 g/mol. The van der Waals surface area contributed by atoms with Gasteiger partial charge in [0.15, 0.2) is 0 Å². The second-order valence-electron chi connectivity index (χ2n) is 5.11. The second-order valence-corrected chi connectivity index (χ2v) is 5.11. The maximum Gasteiger partial charge on any atom is 0.119 e. The van der Waals surface area contributed by atoms with Crippen LogP contribution in [0.5, 0.6) is 5.75 Å². The standard InChI is InChI=1S/C19H15NO2/c1-22-18-9-8-15-10-17(7-6-16(15)11-18)19(21)14-4-2-13(12-20)3-5-14/h2-11,19,21H,1H3. The van der Waals surface area contributed by atoms with Crippen molar-refractivity contribution in [3.63, 3.8) is 0 Å². The van der Waals surface area contributed by atoms with Gasteiger partial charge in [0.2, 0.25) is 0 Å². The molecule has 0 aliphatic carbocycles. The van der Waals surface area contributed by atoms with E-state index in [1.165, 1.54) is 0 Å². The fourth-order valence-corrected chi connectivity index (χ4v) is 2.47. The largest absolute Gasteiger partial charge is 0.497 e. The van der Waals surface area contributed by atoms with Crippen LogP contribution in [0, 0.1) is 11.3 Å². The van der Waals surface area contributed by atoms with E-state index >= 15 is 0 Å². The fraction of sp³-hybridized carbons (Fsp3) is 0.105. The minimum Gasteiger partial charge on any atom is -0.497 e. The molecule has 1 atom stereocenters. The van der Waals surface area contributed by atoms with Gasteiger partial charge in [-0.25, -0.2) is 0 Å². The summed E-state index contributed by atoms with van der Waals surface area (Å²) in [5.41, 5.74) is 2.18. The molecule has 1 unspecified atom stereocenters. The molecule has 0 fully saturated rings. The summed E-state index contributed by atoms with van der Waals surface area (Å²) < 4.78 is 5.22. The van der Waals surface area contributed by atoms with Crippen LogP contribution in [0.15, 0.2) is 60.7 Å². The van der Waals surface area contributed by atoms with Gasteiger partial charge in [0, 0.05) is 0 Å². The van der Waals surface area contributed by atoms with Crippen molar-refractivity contribution in [2.24, 2.45) is 0 Å². The third kappa shape index (κ3) is 2.65. The Morgan fingerprint density at radius 2 is 1.55 bits per heavy atom. The molecule has 22 heavy (non-hydrogen) atoms. The molecule has 3 nitrogen and oxygen atoms in total. The van der Waals surface area contributed by atoms with Gasteiger partial charge in [-0.05, 0) is 52.2 Å². The predicted octanol–water partition coefficient (Wildman–Crippen LogP) is 3.80. The topological polar surface area (TPSA) is 53.2 Å². The number of fused-ring (bicyclic) bond motifs is 1. The van der Waals surface area contributed by atoms with Crippen LogP contribution < -0.4 is 4.74 Å². The summed E-state index contributed by atoms with van der Waals surface area (Å²) in [5, 5.41) is 21.4. The van der Waals surface area contributed by atoms with Crippen molar-refractivity contribution in [3.8, 4) is 11.8 Å². The van der Waals surface area contributed by atoms with Crippen molar-refractivity contribution in [1.29, 1.82) is 5.26 Å². The van der Waals surface area contributed by atoms with Crippen LogP contribution in [0.3, 0.4) is 0 Å². The Bertz CT molecular complexity index is 847. The molecule has 3 aromatic rings. The number of benzene rings is 3. The molecule has 0 aliphatic rings. The smallest absolute Gasteiger partial charge is 0.119 e. The lowest BCUT2D eigenvalue weighted by molar-refractivity contribution is 0.220. The third-order valence-electron chi connectivity index (χ3n) is 3.74. The first-order chi connectivity index (χ1) is 10.7. The molecule has 0 bridgehead atoms. The van der Waals surface area contributed by atoms with Gasteiger partial charge in [-0.15, -0.1) is 0 Å². The Morgan fingerprint density at radius 1 is 0.909 bits per heavy atom. The molecule has 0 aromatic heterocycles. The molecule has 0 saturated carbocycles. The maximum absolute atomic E-state index is 10.5. The molecule has 0 saturated heterocycles. The van der Waals surface area contributed by atoms with E-state index in [-0.39, 0.29) is 0 Å². The van der Waals surface area contributed by atoms with Gasteiger partial charge in [0.05, 0.1) is 18.7 Å². The van der Waals surface area contributed by atoms with Crippen LogP contribution in [0.1, 0.15) is 22.8 Å². The van der Waals surface area contributed by atoms with E-state index in [9.17, 15) is 5.11 Å². The number of hydrogen-bond donors (Lipinski definition) is 1. The van der Waals surface area contributed by atoms with Crippen molar-refractivity contribution in [2.75, 3.05) is 7.11 Å². The van der Waals surface area contributed by atoms with Gasteiger partial charge < -0.3 is 9.84 Å². The molecule has 0 amide bonds. The quantitative estimate of drug-likeness (QED) is 0.798. The van der Waals surface area contributed by atoms with Gasteiger partial charge in [-0.3, -0.25) is 0 Å². The van der Waals surface area contributed by atoms with E-state index in [4.69, 9.17) is 10.00 Å². The van der Waals surface area contributed by atoms with Crippen molar-refractivity contribution in [3.05, 3.63) is 77.4 Å². The Morgan fingerprint density at radius 3 is 2.23 bits per heavy atom. The number of hydrogen-bond acceptors (Lipinski definition) is 3. The first kappa shape index (κ1) is 14.1. The van der Waals surface area contributed by atoms with Crippen LogP contribution in [0.2, 0.25) is 0 Å². The summed E-state index contributed by atoms with van der Waals surface area (Å²) in [4.78, 5) is 0. The SMILES string of the molecule is COc1ccc2cc(C(O)c3ccc(C#N)cc3)ccc2c1. The minimum absolute atomic E-state index is 0.585. The summed E-state index contributed by atoms with van der Waals surface area (Å²) in [6.07, 6.45) is -0.709. The number of nitrogens with zero attached hydrogens (tertiary/aromatic N) is 1. The lowest BCUT2D eigenvalue weighted by Gasteiger charge is -2.13. The summed E-state index contributed by atoms with van der Waals surface area (Å²) >= 11 is 0. The maximum atomic E-state index is 10.5. The number of ether oxygens (including phenoxy) is 1. The number of aliphatic hydroxyl groups is 1. The minimum atomic E-state index is -0.709. The van der Waals surface area contributed by atoms with Crippen LogP contribution in [0.4, 0.5) is 0 Å². The molecule has 0 aliphatic heterocycles. The van der Waals surface area contributed by atoms with E-state index in [0.29, 0.717) is 5.56 Å². The molecular formula is C19H15NO2. The highest BCUT2D eigenvalue weighted by molar-refractivity contribution is 5.84. The zero-order valence-electron chi connectivity index (χ0n) is 12.2. The van der Waals surface area contributed by atoms with Gasteiger partial charge in [0.25, 0.3) is 0 Å². The fourth-order valence-electron chi connectivity index (χ4n) is 2.47. The second kappa shape index (κ2) is 5.88. The number of rotatable bonds is 3. The van der Waals surface area contributed by atoms with E-state index in [0.717, 1.165) is 27.6 Å². The summed E-state index contributed by atoms with van der Waals surface area (Å²) in [6, 6.07) is 20.8. The Hall–Kier alpha value is -2.83. The zero-order valence-corrected chi connectivity index (χ0v) is 12.2.